The number of benzene rings is 2. The quantitative estimate of drug-likeness (QED) is 0.423. The van der Waals surface area contributed by atoms with Crippen LogP contribution in [-0.2, 0) is 4.74 Å². The van der Waals surface area contributed by atoms with Crippen molar-refractivity contribution >= 4 is 11.0 Å². The van der Waals surface area contributed by atoms with Gasteiger partial charge in [0.15, 0.2) is 5.43 Å². The third kappa shape index (κ3) is 3.59. The lowest BCUT2D eigenvalue weighted by Crippen LogP contribution is -2.58. The van der Waals surface area contributed by atoms with E-state index < -0.39 is 36.1 Å². The Morgan fingerprint density at radius 1 is 0.933 bits per heavy atom. The summed E-state index contributed by atoms with van der Waals surface area (Å²) >= 11 is 0. The van der Waals surface area contributed by atoms with Crippen LogP contribution in [0.2, 0.25) is 0 Å². The molecule has 5 atom stereocenters. The standard InChI is InChI=1S/C21H20O9/c1-9-18(25)19(26)20(27)21(28-9)29-12-4-2-10(3-5-12)15-8-14(24)17-13(23)6-11(22)7-16(17)30-15/h2-9,18-23,25-27H,1H3/t9-,18-,19+,20+,21-/m1/s1. The van der Waals surface area contributed by atoms with E-state index in [9.17, 15) is 30.3 Å². The molecule has 0 amide bonds. The van der Waals surface area contributed by atoms with Crippen LogP contribution in [0, 0.1) is 0 Å². The second-order valence-electron chi connectivity index (χ2n) is 7.14. The topological polar surface area (TPSA) is 150 Å². The Hall–Kier alpha value is -3.11. The molecule has 9 heteroatoms. The first-order valence-electron chi connectivity index (χ1n) is 9.21. The fraction of sp³-hybridized carbons (Fsp3) is 0.286. The van der Waals surface area contributed by atoms with Gasteiger partial charge in [0, 0.05) is 23.8 Å². The minimum Gasteiger partial charge on any atom is -0.508 e. The summed E-state index contributed by atoms with van der Waals surface area (Å²) in [5.41, 5.74) is 0.0954. The summed E-state index contributed by atoms with van der Waals surface area (Å²) in [5, 5.41) is 49.1. The van der Waals surface area contributed by atoms with Gasteiger partial charge in [-0.3, -0.25) is 4.79 Å². The molecule has 1 saturated heterocycles. The first-order chi connectivity index (χ1) is 14.2. The summed E-state index contributed by atoms with van der Waals surface area (Å²) in [6, 6.07) is 9.83. The first kappa shape index (κ1) is 20.2. The van der Waals surface area contributed by atoms with Crippen LogP contribution in [0.4, 0.5) is 0 Å². The highest BCUT2D eigenvalue weighted by Crippen LogP contribution is 2.31. The summed E-state index contributed by atoms with van der Waals surface area (Å²) in [5.74, 6) is -0.0829. The van der Waals surface area contributed by atoms with Gasteiger partial charge in [0.05, 0.1) is 6.10 Å². The molecular formula is C21H20O9. The number of hydrogen-bond acceptors (Lipinski definition) is 9. The zero-order valence-electron chi connectivity index (χ0n) is 15.8. The van der Waals surface area contributed by atoms with Crippen molar-refractivity contribution in [3.05, 3.63) is 52.7 Å². The Labute approximate surface area is 170 Å². The summed E-state index contributed by atoms with van der Waals surface area (Å²) < 4.78 is 16.6. The van der Waals surface area contributed by atoms with Crippen molar-refractivity contribution in [2.24, 2.45) is 0 Å². The number of hydrogen-bond donors (Lipinski definition) is 5. The predicted molar refractivity (Wildman–Crippen MR) is 104 cm³/mol. The van der Waals surface area contributed by atoms with Gasteiger partial charge < -0.3 is 39.4 Å². The molecule has 1 aromatic heterocycles. The van der Waals surface area contributed by atoms with Crippen LogP contribution in [0.5, 0.6) is 17.2 Å². The predicted octanol–water partition coefficient (Wildman–Crippen LogP) is 1.08. The van der Waals surface area contributed by atoms with Crippen molar-refractivity contribution in [3.63, 3.8) is 0 Å². The van der Waals surface area contributed by atoms with Crippen LogP contribution in [-0.4, -0.2) is 56.2 Å². The summed E-state index contributed by atoms with van der Waals surface area (Å²) in [7, 11) is 0. The summed E-state index contributed by atoms with van der Waals surface area (Å²) in [6.45, 7) is 1.55. The second-order valence-corrected chi connectivity index (χ2v) is 7.14. The molecule has 30 heavy (non-hydrogen) atoms. The third-order valence-corrected chi connectivity index (χ3v) is 4.99. The largest absolute Gasteiger partial charge is 0.508 e. The second kappa shape index (κ2) is 7.62. The van der Waals surface area contributed by atoms with Gasteiger partial charge in [0.1, 0.15) is 52.3 Å². The van der Waals surface area contributed by atoms with Crippen molar-refractivity contribution in [3.8, 4) is 28.6 Å². The molecule has 158 valence electrons. The van der Waals surface area contributed by atoms with Crippen LogP contribution in [0.3, 0.4) is 0 Å². The fourth-order valence-corrected chi connectivity index (χ4v) is 3.34. The van der Waals surface area contributed by atoms with E-state index in [4.69, 9.17) is 13.9 Å². The van der Waals surface area contributed by atoms with Crippen molar-refractivity contribution in [1.29, 1.82) is 0 Å². The molecule has 1 fully saturated rings. The monoisotopic (exact) mass is 416 g/mol. The lowest BCUT2D eigenvalue weighted by Gasteiger charge is -2.38. The van der Waals surface area contributed by atoms with E-state index in [-0.39, 0.29) is 28.2 Å². The van der Waals surface area contributed by atoms with Crippen molar-refractivity contribution in [2.75, 3.05) is 0 Å². The van der Waals surface area contributed by atoms with E-state index in [2.05, 4.69) is 0 Å². The highest BCUT2D eigenvalue weighted by molar-refractivity contribution is 5.86. The van der Waals surface area contributed by atoms with Crippen LogP contribution >= 0.6 is 0 Å². The Morgan fingerprint density at radius 3 is 2.33 bits per heavy atom. The summed E-state index contributed by atoms with van der Waals surface area (Å²) in [4.78, 5) is 12.3. The highest BCUT2D eigenvalue weighted by atomic mass is 16.7. The van der Waals surface area contributed by atoms with Crippen molar-refractivity contribution in [1.82, 2.24) is 0 Å². The minimum absolute atomic E-state index is 0.0326. The molecule has 0 unspecified atom stereocenters. The van der Waals surface area contributed by atoms with Gasteiger partial charge in [0.2, 0.25) is 6.29 Å². The smallest absolute Gasteiger partial charge is 0.229 e. The molecule has 1 aliphatic heterocycles. The number of aliphatic hydroxyl groups excluding tert-OH is 3. The van der Waals surface area contributed by atoms with Crippen molar-refractivity contribution < 1.29 is 39.4 Å². The maximum atomic E-state index is 12.3. The van der Waals surface area contributed by atoms with Gasteiger partial charge >= 0.3 is 0 Å². The number of ether oxygens (including phenoxy) is 2. The Kier molecular flexibility index (Phi) is 5.12. The van der Waals surface area contributed by atoms with E-state index in [1.165, 1.54) is 12.1 Å². The molecule has 2 heterocycles. The van der Waals surface area contributed by atoms with E-state index in [1.54, 1.807) is 31.2 Å². The van der Waals surface area contributed by atoms with E-state index >= 15 is 0 Å². The van der Waals surface area contributed by atoms with Crippen LogP contribution in [0.1, 0.15) is 6.92 Å². The zero-order chi connectivity index (χ0) is 21.6. The fourth-order valence-electron chi connectivity index (χ4n) is 3.34. The number of fused-ring (bicyclic) bond motifs is 1. The maximum absolute atomic E-state index is 12.3. The van der Waals surface area contributed by atoms with Crippen molar-refractivity contribution in [2.45, 2.75) is 37.6 Å². The van der Waals surface area contributed by atoms with Gasteiger partial charge in [-0.15, -0.1) is 0 Å². The average Bonchev–Trinajstić information content (AvgIpc) is 2.70. The highest BCUT2D eigenvalue weighted by Gasteiger charge is 2.43. The normalized spacial score (nSPS) is 26.6. The zero-order valence-corrected chi connectivity index (χ0v) is 15.8. The Balaban J connectivity index is 1.59. The molecule has 3 aromatic rings. The van der Waals surface area contributed by atoms with Gasteiger partial charge in [-0.1, -0.05) is 0 Å². The molecule has 0 aliphatic carbocycles. The molecule has 5 N–H and O–H groups in total. The van der Waals surface area contributed by atoms with Crippen LogP contribution in [0.25, 0.3) is 22.3 Å². The van der Waals surface area contributed by atoms with Gasteiger partial charge in [0.25, 0.3) is 0 Å². The Morgan fingerprint density at radius 2 is 1.63 bits per heavy atom. The average molecular weight is 416 g/mol. The SMILES string of the molecule is C[C@H]1O[C@H](Oc2ccc(-c3cc(=O)c4c(O)cc(O)cc4o3)cc2)[C@@H](O)[C@@H](O)[C@@H]1O. The number of rotatable bonds is 3. The first-order valence-corrected chi connectivity index (χ1v) is 9.21. The lowest BCUT2D eigenvalue weighted by atomic mass is 10.00. The van der Waals surface area contributed by atoms with Gasteiger partial charge in [-0.25, -0.2) is 0 Å². The third-order valence-electron chi connectivity index (χ3n) is 4.99. The van der Waals surface area contributed by atoms with E-state index in [0.717, 1.165) is 6.07 Å². The number of aromatic hydroxyl groups is 2. The Bertz CT molecular complexity index is 1120. The van der Waals surface area contributed by atoms with Gasteiger partial charge in [-0.2, -0.15) is 0 Å². The molecular weight excluding hydrogens is 396 g/mol. The molecule has 9 nitrogen and oxygen atoms in total. The number of aliphatic hydroxyl groups is 3. The molecule has 0 spiro atoms. The summed E-state index contributed by atoms with van der Waals surface area (Å²) in [6.07, 6.45) is -5.97. The molecule has 4 rings (SSSR count). The van der Waals surface area contributed by atoms with Crippen LogP contribution in [0.15, 0.2) is 51.7 Å². The van der Waals surface area contributed by atoms with Crippen LogP contribution < -0.4 is 10.2 Å². The minimum atomic E-state index is -1.44. The lowest BCUT2D eigenvalue weighted by molar-refractivity contribution is -0.268. The number of phenols is 2. The van der Waals surface area contributed by atoms with E-state index in [1.807, 2.05) is 0 Å². The van der Waals surface area contributed by atoms with Gasteiger partial charge in [-0.05, 0) is 31.2 Å². The molecule has 0 bridgehead atoms. The van der Waals surface area contributed by atoms with E-state index in [0.29, 0.717) is 11.3 Å². The molecule has 1 aliphatic rings. The number of phenolic OH excluding ortho intramolecular Hbond substituents is 2. The molecule has 2 aromatic carbocycles. The maximum Gasteiger partial charge on any atom is 0.229 e. The molecule has 0 saturated carbocycles. The molecule has 0 radical (unpaired) electrons.